The first-order valence-electron chi connectivity index (χ1n) is 6.09. The summed E-state index contributed by atoms with van der Waals surface area (Å²) in [6.07, 6.45) is -1.85. The van der Waals surface area contributed by atoms with Crippen LogP contribution in [0.15, 0.2) is 4.52 Å². The predicted molar refractivity (Wildman–Crippen MR) is 59.2 cm³/mol. The van der Waals surface area contributed by atoms with E-state index in [0.717, 1.165) is 12.8 Å². The van der Waals surface area contributed by atoms with Crippen molar-refractivity contribution >= 4 is 0 Å². The van der Waals surface area contributed by atoms with E-state index < -0.39 is 31.1 Å². The molecule has 2 rings (SSSR count). The van der Waals surface area contributed by atoms with E-state index >= 15 is 0 Å². The summed E-state index contributed by atoms with van der Waals surface area (Å²) in [5.74, 6) is -3.75. The molecule has 1 aliphatic carbocycles. The van der Waals surface area contributed by atoms with E-state index in [4.69, 9.17) is 10.3 Å². The van der Waals surface area contributed by atoms with Crippen molar-refractivity contribution in [2.45, 2.75) is 44.3 Å². The number of ether oxygens (including phenoxy) is 1. The molecule has 1 aromatic rings. The van der Waals surface area contributed by atoms with Crippen LogP contribution in [0.5, 0.6) is 0 Å². The molecule has 0 saturated heterocycles. The molecule has 1 aromatic heterocycles. The predicted octanol–water partition coefficient (Wildman–Crippen LogP) is 2.07. The summed E-state index contributed by atoms with van der Waals surface area (Å²) in [5.41, 5.74) is 5.27. The van der Waals surface area contributed by atoms with Gasteiger partial charge in [-0.05, 0) is 25.7 Å². The number of rotatable bonds is 7. The van der Waals surface area contributed by atoms with Gasteiger partial charge in [-0.3, -0.25) is 0 Å². The van der Waals surface area contributed by atoms with Crippen molar-refractivity contribution in [2.24, 2.45) is 11.7 Å². The van der Waals surface area contributed by atoms with Crippen molar-refractivity contribution in [3.8, 4) is 0 Å². The van der Waals surface area contributed by atoms with Crippen LogP contribution in [0.25, 0.3) is 0 Å². The molecule has 0 radical (unpaired) electrons. The van der Waals surface area contributed by atoms with Gasteiger partial charge in [0.25, 0.3) is 0 Å². The van der Waals surface area contributed by atoms with Gasteiger partial charge in [0, 0.05) is 0 Å². The van der Waals surface area contributed by atoms with Crippen LogP contribution >= 0.6 is 0 Å². The van der Waals surface area contributed by atoms with E-state index in [1.165, 1.54) is 0 Å². The Morgan fingerprint density at radius 1 is 1.45 bits per heavy atom. The van der Waals surface area contributed by atoms with E-state index in [9.17, 15) is 17.6 Å². The molecule has 9 heteroatoms. The van der Waals surface area contributed by atoms with Gasteiger partial charge in [0.05, 0.1) is 5.54 Å². The molecule has 1 aliphatic rings. The summed E-state index contributed by atoms with van der Waals surface area (Å²) in [7, 11) is 0. The normalized spacial score (nSPS) is 19.4. The fraction of sp³-hybridized carbons (Fsp3) is 0.818. The molecule has 20 heavy (non-hydrogen) atoms. The fourth-order valence-corrected chi connectivity index (χ4v) is 1.73. The Kier molecular flexibility index (Phi) is 4.01. The zero-order valence-corrected chi connectivity index (χ0v) is 10.8. The minimum absolute atomic E-state index is 0.00221. The molecule has 0 aliphatic heterocycles. The minimum atomic E-state index is -4.19. The number of nitrogens with two attached hydrogens (primary N) is 1. The second-order valence-corrected chi connectivity index (χ2v) is 5.13. The average Bonchev–Trinajstić information content (AvgIpc) is 3.10. The maximum atomic E-state index is 12.6. The summed E-state index contributed by atoms with van der Waals surface area (Å²) in [6.45, 7) is -0.0998. The highest BCUT2D eigenvalue weighted by Crippen LogP contribution is 2.43. The molecular formula is C11H15F4N3O2. The molecule has 1 atom stereocenters. The van der Waals surface area contributed by atoms with Crippen LogP contribution in [0.1, 0.15) is 31.5 Å². The molecule has 1 saturated carbocycles. The van der Waals surface area contributed by atoms with Crippen molar-refractivity contribution in [2.75, 3.05) is 6.61 Å². The number of halogens is 4. The molecular weight excluding hydrogens is 282 g/mol. The highest BCUT2D eigenvalue weighted by molar-refractivity contribution is 5.07. The molecule has 0 spiro atoms. The Labute approximate surface area is 112 Å². The Morgan fingerprint density at radius 2 is 2.10 bits per heavy atom. The molecule has 5 nitrogen and oxygen atoms in total. The van der Waals surface area contributed by atoms with E-state index in [1.54, 1.807) is 6.92 Å². The van der Waals surface area contributed by atoms with Gasteiger partial charge in [-0.1, -0.05) is 5.16 Å². The minimum Gasteiger partial charge on any atom is -0.367 e. The summed E-state index contributed by atoms with van der Waals surface area (Å²) >= 11 is 0. The highest BCUT2D eigenvalue weighted by Gasteiger charge is 2.44. The van der Waals surface area contributed by atoms with Gasteiger partial charge in [-0.2, -0.15) is 13.8 Å². The Balaban J connectivity index is 1.87. The van der Waals surface area contributed by atoms with Crippen LogP contribution in [-0.2, 0) is 16.9 Å². The molecule has 1 heterocycles. The van der Waals surface area contributed by atoms with Crippen molar-refractivity contribution in [1.29, 1.82) is 0 Å². The standard InChI is InChI=1S/C11H15F4N3O2/c1-10(16,6-2-3-6)9-17-7(18-20-9)4-19-5-11(14,15)8(12)13/h6,8H,2-5,16H2,1H3. The lowest BCUT2D eigenvalue weighted by Crippen LogP contribution is -2.35. The summed E-state index contributed by atoms with van der Waals surface area (Å²) < 4.78 is 58.4. The number of aromatic nitrogens is 2. The largest absolute Gasteiger partial charge is 0.367 e. The van der Waals surface area contributed by atoms with Crippen molar-refractivity contribution < 1.29 is 26.8 Å². The van der Waals surface area contributed by atoms with E-state index in [0.29, 0.717) is 0 Å². The van der Waals surface area contributed by atoms with Crippen LogP contribution in [0, 0.1) is 5.92 Å². The van der Waals surface area contributed by atoms with Crippen LogP contribution < -0.4 is 5.73 Å². The smallest absolute Gasteiger partial charge is 0.330 e. The van der Waals surface area contributed by atoms with Gasteiger partial charge >= 0.3 is 12.3 Å². The zero-order valence-electron chi connectivity index (χ0n) is 10.8. The van der Waals surface area contributed by atoms with Crippen molar-refractivity contribution in [3.05, 3.63) is 11.7 Å². The number of hydrogen-bond donors (Lipinski definition) is 1. The van der Waals surface area contributed by atoms with Crippen LogP contribution in [0.4, 0.5) is 17.6 Å². The SMILES string of the molecule is CC(N)(c1nc(COCC(F)(F)C(F)F)no1)C1CC1. The Hall–Kier alpha value is -1.22. The molecule has 2 N–H and O–H groups in total. The molecule has 0 aromatic carbocycles. The Bertz CT molecular complexity index is 460. The van der Waals surface area contributed by atoms with Gasteiger partial charge in [0.1, 0.15) is 13.2 Å². The third-order valence-corrected chi connectivity index (χ3v) is 3.20. The Morgan fingerprint density at radius 3 is 2.65 bits per heavy atom. The first kappa shape index (κ1) is 15.2. The molecule has 114 valence electrons. The molecule has 0 bridgehead atoms. The monoisotopic (exact) mass is 297 g/mol. The molecule has 0 amide bonds. The second kappa shape index (κ2) is 5.28. The van der Waals surface area contributed by atoms with Gasteiger partial charge in [0.2, 0.25) is 5.89 Å². The van der Waals surface area contributed by atoms with Gasteiger partial charge in [-0.25, -0.2) is 8.78 Å². The molecule has 1 unspecified atom stereocenters. The van der Waals surface area contributed by atoms with Crippen LogP contribution in [0.3, 0.4) is 0 Å². The van der Waals surface area contributed by atoms with E-state index in [-0.39, 0.29) is 17.6 Å². The maximum Gasteiger partial charge on any atom is 0.330 e. The van der Waals surface area contributed by atoms with Crippen molar-refractivity contribution in [3.63, 3.8) is 0 Å². The lowest BCUT2D eigenvalue weighted by Gasteiger charge is -2.18. The summed E-state index contributed by atoms with van der Waals surface area (Å²) in [5, 5.41) is 3.53. The summed E-state index contributed by atoms with van der Waals surface area (Å²) in [4.78, 5) is 3.95. The number of nitrogens with zero attached hydrogens (tertiary/aromatic N) is 2. The molecule has 1 fully saturated rings. The maximum absolute atomic E-state index is 12.6. The van der Waals surface area contributed by atoms with Crippen LogP contribution in [-0.4, -0.2) is 29.1 Å². The first-order valence-corrected chi connectivity index (χ1v) is 6.09. The van der Waals surface area contributed by atoms with Gasteiger partial charge in [-0.15, -0.1) is 0 Å². The van der Waals surface area contributed by atoms with Crippen LogP contribution in [0.2, 0.25) is 0 Å². The second-order valence-electron chi connectivity index (χ2n) is 5.13. The number of hydrogen-bond acceptors (Lipinski definition) is 5. The fourth-order valence-electron chi connectivity index (χ4n) is 1.73. The van der Waals surface area contributed by atoms with Crippen molar-refractivity contribution in [1.82, 2.24) is 10.1 Å². The van der Waals surface area contributed by atoms with Gasteiger partial charge < -0.3 is 15.0 Å². The van der Waals surface area contributed by atoms with E-state index in [2.05, 4.69) is 14.9 Å². The lowest BCUT2D eigenvalue weighted by molar-refractivity contribution is -0.168. The van der Waals surface area contributed by atoms with Gasteiger partial charge in [0.15, 0.2) is 5.82 Å². The quantitative estimate of drug-likeness (QED) is 0.780. The average molecular weight is 297 g/mol. The third kappa shape index (κ3) is 3.26. The van der Waals surface area contributed by atoms with E-state index in [1.807, 2.05) is 0 Å². The first-order chi connectivity index (χ1) is 9.23. The summed E-state index contributed by atoms with van der Waals surface area (Å²) in [6, 6.07) is 0. The third-order valence-electron chi connectivity index (χ3n) is 3.20. The zero-order chi connectivity index (χ0) is 15.0. The topological polar surface area (TPSA) is 74.2 Å². The number of alkyl halides is 4. The lowest BCUT2D eigenvalue weighted by atomic mass is 9.97. The highest BCUT2D eigenvalue weighted by atomic mass is 19.3.